The van der Waals surface area contributed by atoms with Crippen LogP contribution in [0.2, 0.25) is 0 Å². The molecule has 0 radical (unpaired) electrons. The fourth-order valence-electron chi connectivity index (χ4n) is 0.626. The van der Waals surface area contributed by atoms with Crippen LogP contribution in [0, 0.1) is 0 Å². The van der Waals surface area contributed by atoms with Crippen molar-refractivity contribution in [1.82, 2.24) is 3.11 Å². The van der Waals surface area contributed by atoms with Gasteiger partial charge < -0.3 is 5.73 Å². The summed E-state index contributed by atoms with van der Waals surface area (Å²) in [5.74, 6) is 0.0746. The van der Waals surface area contributed by atoms with Crippen LogP contribution in [0.5, 0.6) is 0 Å². The first kappa shape index (κ1) is 7.01. The zero-order chi connectivity index (χ0) is 6.85. The fourth-order valence-corrected chi connectivity index (χ4v) is 1.01. The van der Waals surface area contributed by atoms with Crippen LogP contribution in [0.25, 0.3) is 0 Å². The van der Waals surface area contributed by atoms with Gasteiger partial charge in [-0.25, -0.2) is 0 Å². The molecule has 1 aliphatic heterocycles. The SMILES string of the molecule is NC1C=CN(I)C(=O)C1. The van der Waals surface area contributed by atoms with Gasteiger partial charge >= 0.3 is 0 Å². The average Bonchev–Trinajstić information content (AvgIpc) is 1.80. The van der Waals surface area contributed by atoms with Crippen LogP contribution >= 0.6 is 22.9 Å². The molecule has 4 heteroatoms. The van der Waals surface area contributed by atoms with E-state index in [4.69, 9.17) is 5.73 Å². The van der Waals surface area contributed by atoms with Gasteiger partial charge in [0.05, 0.1) is 22.9 Å². The minimum absolute atomic E-state index is 0.0746. The first-order valence-corrected chi connectivity index (χ1v) is 3.58. The number of amides is 1. The van der Waals surface area contributed by atoms with Crippen LogP contribution < -0.4 is 5.73 Å². The third kappa shape index (κ3) is 1.65. The van der Waals surface area contributed by atoms with Gasteiger partial charge in [0.15, 0.2) is 0 Å². The highest BCUT2D eigenvalue weighted by molar-refractivity contribution is 14.1. The molecule has 1 heterocycles. The Balaban J connectivity index is 2.65. The summed E-state index contributed by atoms with van der Waals surface area (Å²) in [6.07, 6.45) is 3.93. The van der Waals surface area contributed by atoms with Crippen molar-refractivity contribution in [2.75, 3.05) is 0 Å². The van der Waals surface area contributed by atoms with Gasteiger partial charge in [0, 0.05) is 18.7 Å². The smallest absolute Gasteiger partial charge is 0.237 e. The zero-order valence-corrected chi connectivity index (χ0v) is 6.91. The lowest BCUT2D eigenvalue weighted by Gasteiger charge is -2.16. The number of carbonyl (C=O) groups is 1. The summed E-state index contributed by atoms with van der Waals surface area (Å²) in [5, 5.41) is 0. The molecule has 0 saturated heterocycles. The molecule has 0 saturated carbocycles. The largest absolute Gasteiger partial charge is 0.324 e. The quantitative estimate of drug-likeness (QED) is 0.490. The molecule has 2 N–H and O–H groups in total. The fraction of sp³-hybridized carbons (Fsp3) is 0.400. The summed E-state index contributed by atoms with van der Waals surface area (Å²) in [7, 11) is 0. The number of hydrogen-bond donors (Lipinski definition) is 1. The lowest BCUT2D eigenvalue weighted by atomic mass is 10.2. The molecule has 1 atom stereocenters. The highest BCUT2D eigenvalue weighted by Crippen LogP contribution is 2.10. The summed E-state index contributed by atoms with van der Waals surface area (Å²) in [6.45, 7) is 0. The number of rotatable bonds is 0. The second-order valence-corrected chi connectivity index (χ2v) is 2.95. The second kappa shape index (κ2) is 2.66. The molecule has 50 valence electrons. The number of halogens is 1. The van der Waals surface area contributed by atoms with Crippen molar-refractivity contribution in [2.45, 2.75) is 12.5 Å². The Morgan fingerprint density at radius 2 is 2.56 bits per heavy atom. The zero-order valence-electron chi connectivity index (χ0n) is 4.75. The topological polar surface area (TPSA) is 46.3 Å². The van der Waals surface area contributed by atoms with Crippen molar-refractivity contribution in [3.63, 3.8) is 0 Å². The number of carbonyl (C=O) groups excluding carboxylic acids is 1. The predicted octanol–water partition coefficient (Wildman–Crippen LogP) is 0.410. The molecular weight excluding hydrogens is 231 g/mol. The molecule has 0 bridgehead atoms. The van der Waals surface area contributed by atoms with E-state index in [9.17, 15) is 4.79 Å². The van der Waals surface area contributed by atoms with Crippen molar-refractivity contribution in [2.24, 2.45) is 5.73 Å². The molecule has 1 unspecified atom stereocenters. The highest BCUT2D eigenvalue weighted by atomic mass is 127. The van der Waals surface area contributed by atoms with Crippen molar-refractivity contribution >= 4 is 28.8 Å². The second-order valence-electron chi connectivity index (χ2n) is 1.91. The van der Waals surface area contributed by atoms with E-state index in [0.29, 0.717) is 6.42 Å². The van der Waals surface area contributed by atoms with Gasteiger partial charge in [0.1, 0.15) is 0 Å². The van der Waals surface area contributed by atoms with Gasteiger partial charge in [-0.05, 0) is 0 Å². The van der Waals surface area contributed by atoms with Crippen LogP contribution in [-0.2, 0) is 4.79 Å². The Bertz CT molecular complexity index is 157. The Morgan fingerprint density at radius 3 is 3.00 bits per heavy atom. The molecule has 0 aromatic heterocycles. The number of nitrogens with two attached hydrogens (primary N) is 1. The lowest BCUT2D eigenvalue weighted by Crippen LogP contribution is -2.30. The summed E-state index contributed by atoms with van der Waals surface area (Å²) in [6, 6.07) is -0.0801. The molecule has 0 aliphatic carbocycles. The van der Waals surface area contributed by atoms with E-state index >= 15 is 0 Å². The summed E-state index contributed by atoms with van der Waals surface area (Å²) < 4.78 is 1.52. The Morgan fingerprint density at radius 1 is 1.89 bits per heavy atom. The van der Waals surface area contributed by atoms with Crippen LogP contribution in [0.1, 0.15) is 6.42 Å². The van der Waals surface area contributed by atoms with Crippen LogP contribution in [0.3, 0.4) is 0 Å². The first-order chi connectivity index (χ1) is 4.20. The molecule has 1 rings (SSSR count). The van der Waals surface area contributed by atoms with E-state index < -0.39 is 0 Å². The first-order valence-electron chi connectivity index (χ1n) is 2.62. The predicted molar refractivity (Wildman–Crippen MR) is 42.6 cm³/mol. The maximum absolute atomic E-state index is 10.8. The third-order valence-electron chi connectivity index (χ3n) is 1.11. The lowest BCUT2D eigenvalue weighted by molar-refractivity contribution is -0.124. The van der Waals surface area contributed by atoms with Gasteiger partial charge in [-0.3, -0.25) is 7.91 Å². The van der Waals surface area contributed by atoms with Crippen molar-refractivity contribution < 1.29 is 4.79 Å². The van der Waals surface area contributed by atoms with Crippen molar-refractivity contribution in [3.8, 4) is 0 Å². The van der Waals surface area contributed by atoms with Gasteiger partial charge in [0.25, 0.3) is 0 Å². The van der Waals surface area contributed by atoms with E-state index in [-0.39, 0.29) is 11.9 Å². The Hall–Kier alpha value is -0.100. The van der Waals surface area contributed by atoms with Gasteiger partial charge in [0.2, 0.25) is 5.91 Å². The summed E-state index contributed by atoms with van der Waals surface area (Å²) in [4.78, 5) is 10.8. The third-order valence-corrected chi connectivity index (χ3v) is 1.97. The van der Waals surface area contributed by atoms with E-state index in [1.165, 1.54) is 3.11 Å². The molecule has 0 aromatic rings. The maximum atomic E-state index is 10.8. The normalized spacial score (nSPS) is 27.1. The van der Waals surface area contributed by atoms with Crippen molar-refractivity contribution in [1.29, 1.82) is 0 Å². The number of nitrogens with zero attached hydrogens (tertiary/aromatic N) is 1. The maximum Gasteiger partial charge on any atom is 0.237 e. The number of hydrogen-bond acceptors (Lipinski definition) is 2. The van der Waals surface area contributed by atoms with E-state index in [1.807, 2.05) is 28.9 Å². The van der Waals surface area contributed by atoms with Crippen LogP contribution in [0.4, 0.5) is 0 Å². The van der Waals surface area contributed by atoms with E-state index in [1.54, 1.807) is 6.20 Å². The minimum Gasteiger partial charge on any atom is -0.324 e. The molecule has 9 heavy (non-hydrogen) atoms. The van der Waals surface area contributed by atoms with Gasteiger partial charge in [-0.1, -0.05) is 6.08 Å². The Kier molecular flexibility index (Phi) is 2.07. The van der Waals surface area contributed by atoms with Crippen LogP contribution in [0.15, 0.2) is 12.3 Å². The monoisotopic (exact) mass is 238 g/mol. The molecule has 3 nitrogen and oxygen atoms in total. The minimum atomic E-state index is -0.0801. The standard InChI is InChI=1S/C5H7IN2O/c6-8-2-1-4(7)3-5(8)9/h1-2,4H,3,7H2. The van der Waals surface area contributed by atoms with E-state index in [2.05, 4.69) is 0 Å². The molecule has 0 spiro atoms. The molecule has 1 amide bonds. The highest BCUT2D eigenvalue weighted by Gasteiger charge is 2.15. The molecule has 0 aromatic carbocycles. The van der Waals surface area contributed by atoms with Gasteiger partial charge in [-0.15, -0.1) is 0 Å². The Labute approximate surface area is 67.4 Å². The average molecular weight is 238 g/mol. The van der Waals surface area contributed by atoms with E-state index in [0.717, 1.165) is 0 Å². The summed E-state index contributed by atoms with van der Waals surface area (Å²) in [5.41, 5.74) is 5.45. The van der Waals surface area contributed by atoms with Crippen molar-refractivity contribution in [3.05, 3.63) is 12.3 Å². The van der Waals surface area contributed by atoms with Gasteiger partial charge in [-0.2, -0.15) is 0 Å². The molecule has 0 fully saturated rings. The summed E-state index contributed by atoms with van der Waals surface area (Å²) >= 11 is 1.93. The molecule has 1 aliphatic rings. The van der Waals surface area contributed by atoms with Crippen LogP contribution in [-0.4, -0.2) is 15.1 Å². The molecular formula is C5H7IN2O.